The number of hydrogen-bond donors (Lipinski definition) is 1. The Morgan fingerprint density at radius 2 is 1.45 bits per heavy atom. The van der Waals surface area contributed by atoms with E-state index in [2.05, 4.69) is 63.7 Å². The molecule has 0 fully saturated rings. The fourth-order valence-electron chi connectivity index (χ4n) is 0.799. The first-order chi connectivity index (χ1) is 9.05. The molecule has 0 aromatic heterocycles. The molecule has 0 aromatic carbocycles. The number of ether oxygens (including phenoxy) is 1. The van der Waals surface area contributed by atoms with Crippen LogP contribution < -0.4 is 0 Å². The molecule has 0 saturated heterocycles. The number of carboxylic acid groups (broad SMARTS) is 1. The number of rotatable bonds is 6. The number of esters is 1. The predicted octanol–water partition coefficient (Wildman–Crippen LogP) is 4.50. The van der Waals surface area contributed by atoms with Gasteiger partial charge in [0.05, 0.1) is 0 Å². The molecular weight excluding hydrogens is 528 g/mol. The molecule has 4 nitrogen and oxygen atoms in total. The van der Waals surface area contributed by atoms with Crippen LogP contribution >= 0.6 is 63.7 Å². The summed E-state index contributed by atoms with van der Waals surface area (Å²) >= 11 is 12.6. The van der Waals surface area contributed by atoms with Gasteiger partial charge in [0, 0.05) is 10.7 Å². The van der Waals surface area contributed by atoms with Gasteiger partial charge in [0.15, 0.2) is 0 Å². The van der Waals surface area contributed by atoms with Crippen molar-refractivity contribution >= 4 is 75.7 Å². The van der Waals surface area contributed by atoms with Gasteiger partial charge in [-0.15, -0.1) is 0 Å². The molecule has 0 radical (unpaired) electrons. The van der Waals surface area contributed by atoms with Crippen LogP contribution in [0.5, 0.6) is 0 Å². The predicted molar refractivity (Wildman–Crippen MR) is 95.7 cm³/mol. The van der Waals surface area contributed by atoms with E-state index in [0.717, 1.165) is 17.1 Å². The summed E-state index contributed by atoms with van der Waals surface area (Å²) < 4.78 is 5.15. The summed E-state index contributed by atoms with van der Waals surface area (Å²) in [5, 5.41) is 9.76. The molecule has 0 saturated carbocycles. The molecule has 2 unspecified atom stereocenters. The first-order valence-electron chi connectivity index (χ1n) is 5.90. The zero-order chi connectivity index (χ0) is 16.3. The van der Waals surface area contributed by atoms with E-state index in [1.54, 1.807) is 0 Å². The third-order valence-corrected chi connectivity index (χ3v) is 4.25. The van der Waals surface area contributed by atoms with Crippen molar-refractivity contribution in [1.29, 1.82) is 0 Å². The molecule has 0 spiro atoms. The minimum atomic E-state index is -0.801. The number of carbonyl (C=O) groups excluding carboxylic acids is 1. The van der Waals surface area contributed by atoms with Gasteiger partial charge in [-0.05, 0) is 33.6 Å². The van der Waals surface area contributed by atoms with Crippen LogP contribution in [0.4, 0.5) is 0 Å². The average molecular weight is 548 g/mol. The van der Waals surface area contributed by atoms with Crippen molar-refractivity contribution in [3.63, 3.8) is 0 Å². The topological polar surface area (TPSA) is 63.6 Å². The van der Waals surface area contributed by atoms with Crippen LogP contribution in [-0.2, 0) is 14.3 Å². The van der Waals surface area contributed by atoms with E-state index in [0.29, 0.717) is 6.42 Å². The van der Waals surface area contributed by atoms with Gasteiger partial charge in [0.1, 0.15) is 15.3 Å². The van der Waals surface area contributed by atoms with Gasteiger partial charge in [-0.1, -0.05) is 63.7 Å². The highest BCUT2D eigenvalue weighted by Gasteiger charge is 2.22. The van der Waals surface area contributed by atoms with Crippen molar-refractivity contribution < 1.29 is 19.4 Å². The van der Waals surface area contributed by atoms with Gasteiger partial charge in [-0.2, -0.15) is 0 Å². The summed E-state index contributed by atoms with van der Waals surface area (Å²) in [6.45, 7) is 5.58. The van der Waals surface area contributed by atoms with Crippen LogP contribution in [0.15, 0.2) is 0 Å². The highest BCUT2D eigenvalue weighted by atomic mass is 79.9. The molecule has 0 aliphatic heterocycles. The minimum Gasteiger partial charge on any atom is -0.480 e. The highest BCUT2D eigenvalue weighted by Crippen LogP contribution is 2.15. The molecule has 0 amide bonds. The Morgan fingerprint density at radius 3 is 1.70 bits per heavy atom. The third kappa shape index (κ3) is 15.3. The number of carbonyl (C=O) groups is 2. The van der Waals surface area contributed by atoms with Crippen molar-refractivity contribution in [2.75, 3.05) is 10.7 Å². The minimum absolute atomic E-state index is 0.193. The molecule has 120 valence electrons. The lowest BCUT2D eigenvalue weighted by Gasteiger charge is -2.21. The van der Waals surface area contributed by atoms with Crippen LogP contribution in [0.1, 0.15) is 33.6 Å². The second-order valence-electron chi connectivity index (χ2n) is 4.76. The first-order valence-corrected chi connectivity index (χ1v) is 9.98. The number of halogens is 4. The summed E-state index contributed by atoms with van der Waals surface area (Å²) in [5.41, 5.74) is -0.393. The van der Waals surface area contributed by atoms with Crippen molar-refractivity contribution in [2.24, 2.45) is 0 Å². The summed E-state index contributed by atoms with van der Waals surface area (Å²) in [4.78, 5) is 20.7. The summed E-state index contributed by atoms with van der Waals surface area (Å²) in [6, 6.07) is 0. The van der Waals surface area contributed by atoms with Crippen molar-refractivity contribution in [1.82, 2.24) is 0 Å². The van der Waals surface area contributed by atoms with E-state index < -0.39 is 16.4 Å². The van der Waals surface area contributed by atoms with E-state index in [-0.39, 0.29) is 10.8 Å². The van der Waals surface area contributed by atoms with Crippen molar-refractivity contribution in [2.45, 2.75) is 48.9 Å². The van der Waals surface area contributed by atoms with E-state index >= 15 is 0 Å². The highest BCUT2D eigenvalue weighted by molar-refractivity contribution is 9.10. The van der Waals surface area contributed by atoms with Crippen LogP contribution in [0.2, 0.25) is 0 Å². The van der Waals surface area contributed by atoms with Crippen LogP contribution in [0.3, 0.4) is 0 Å². The van der Waals surface area contributed by atoms with Crippen LogP contribution in [-0.4, -0.2) is 43.0 Å². The van der Waals surface area contributed by atoms with Crippen molar-refractivity contribution in [3.05, 3.63) is 0 Å². The summed E-state index contributed by atoms with van der Waals surface area (Å²) in [7, 11) is 0. The normalized spacial score (nSPS) is 13.8. The van der Waals surface area contributed by atoms with Gasteiger partial charge in [0.25, 0.3) is 0 Å². The Morgan fingerprint density at radius 1 is 1.05 bits per heavy atom. The summed E-state index contributed by atoms with van der Waals surface area (Å²) in [5.74, 6) is -0.994. The quantitative estimate of drug-likeness (QED) is 0.393. The maximum atomic E-state index is 11.3. The molecule has 0 aliphatic carbocycles. The Hall–Kier alpha value is 0.860. The van der Waals surface area contributed by atoms with Crippen molar-refractivity contribution in [3.8, 4) is 0 Å². The second-order valence-corrected chi connectivity index (χ2v) is 8.56. The molecule has 2 atom stereocenters. The Balaban J connectivity index is 0. The average Bonchev–Trinajstić information content (AvgIpc) is 2.28. The van der Waals surface area contributed by atoms with Crippen LogP contribution in [0.25, 0.3) is 0 Å². The molecular formula is C12H20Br4O4. The number of alkyl halides is 4. The standard InChI is InChI=1S/C8H14Br2O2.C4H6Br2O2/c1-8(2,3)12-7(11)6(10)4-5-9;5-2-1-3(6)4(7)8/h6H,4-5H2,1-3H3;3H,1-2H2,(H,7,8). The SMILES string of the molecule is CC(C)(C)OC(=O)C(Br)CCBr.O=C(O)C(Br)CCBr. The maximum absolute atomic E-state index is 11.3. The summed E-state index contributed by atoms with van der Waals surface area (Å²) in [6.07, 6.45) is 1.37. The van der Waals surface area contributed by atoms with E-state index in [4.69, 9.17) is 9.84 Å². The molecule has 20 heavy (non-hydrogen) atoms. The largest absolute Gasteiger partial charge is 0.480 e. The Labute approximate surface area is 153 Å². The number of hydrogen-bond acceptors (Lipinski definition) is 3. The van der Waals surface area contributed by atoms with Gasteiger partial charge >= 0.3 is 11.9 Å². The molecule has 0 aliphatic rings. The monoisotopic (exact) mass is 544 g/mol. The third-order valence-electron chi connectivity index (χ3n) is 1.66. The molecule has 0 bridgehead atoms. The van der Waals surface area contributed by atoms with Gasteiger partial charge in [-0.3, -0.25) is 9.59 Å². The Kier molecular flexibility index (Phi) is 14.4. The molecule has 8 heteroatoms. The fourth-order valence-corrected chi connectivity index (χ4v) is 3.49. The lowest BCUT2D eigenvalue weighted by atomic mass is 10.2. The smallest absolute Gasteiger partial charge is 0.320 e. The first kappa shape index (κ1) is 23.1. The lowest BCUT2D eigenvalue weighted by molar-refractivity contribution is -0.153. The lowest BCUT2D eigenvalue weighted by Crippen LogP contribution is -2.29. The second kappa shape index (κ2) is 12.4. The maximum Gasteiger partial charge on any atom is 0.320 e. The zero-order valence-corrected chi connectivity index (χ0v) is 18.0. The fraction of sp³-hybridized carbons (Fsp3) is 0.833. The Bertz CT molecular complexity index is 292. The van der Waals surface area contributed by atoms with Gasteiger partial charge in [-0.25, -0.2) is 0 Å². The molecule has 0 aromatic rings. The number of aliphatic carboxylic acids is 1. The molecule has 0 heterocycles. The van der Waals surface area contributed by atoms with E-state index in [1.807, 2.05) is 20.8 Å². The van der Waals surface area contributed by atoms with E-state index in [9.17, 15) is 9.59 Å². The number of carboxylic acids is 1. The van der Waals surface area contributed by atoms with Gasteiger partial charge < -0.3 is 9.84 Å². The van der Waals surface area contributed by atoms with E-state index in [1.165, 1.54) is 0 Å². The molecule has 1 N–H and O–H groups in total. The molecule has 0 rings (SSSR count). The van der Waals surface area contributed by atoms with Gasteiger partial charge in [0.2, 0.25) is 0 Å². The zero-order valence-electron chi connectivity index (χ0n) is 11.7. The van der Waals surface area contributed by atoms with Crippen LogP contribution in [0, 0.1) is 0 Å².